The van der Waals surface area contributed by atoms with Crippen LogP contribution < -0.4 is 16.0 Å². The van der Waals surface area contributed by atoms with Crippen molar-refractivity contribution in [1.29, 1.82) is 0 Å². The van der Waals surface area contributed by atoms with Crippen molar-refractivity contribution in [3.8, 4) is 0 Å². The van der Waals surface area contributed by atoms with Crippen molar-refractivity contribution in [2.45, 2.75) is 32.1 Å². The molecule has 0 bridgehead atoms. The van der Waals surface area contributed by atoms with E-state index in [1.54, 1.807) is 24.3 Å². The minimum atomic E-state index is -0.252. The third kappa shape index (κ3) is 8.64. The van der Waals surface area contributed by atoms with Gasteiger partial charge in [-0.2, -0.15) is 0 Å². The van der Waals surface area contributed by atoms with Crippen LogP contribution in [0.15, 0.2) is 30.3 Å². The smallest absolute Gasteiger partial charge is 0.251 e. The summed E-state index contributed by atoms with van der Waals surface area (Å²) >= 11 is 0. The van der Waals surface area contributed by atoms with Crippen LogP contribution in [0.4, 0.5) is 0 Å². The molecule has 0 spiro atoms. The molecule has 1 aromatic rings. The molecule has 3 N–H and O–H groups in total. The zero-order chi connectivity index (χ0) is 21.1. The molecule has 29 heavy (non-hydrogen) atoms. The van der Waals surface area contributed by atoms with Crippen LogP contribution in [0.5, 0.6) is 0 Å². The van der Waals surface area contributed by atoms with Crippen LogP contribution in [-0.2, 0) is 9.59 Å². The fraction of sp³-hybridized carbons (Fsp3) is 0.591. The lowest BCUT2D eigenvalue weighted by Gasteiger charge is -2.28. The number of hydrogen-bond donors (Lipinski definition) is 3. The first kappa shape index (κ1) is 22.9. The Hall–Kier alpha value is -2.41. The van der Waals surface area contributed by atoms with E-state index in [-0.39, 0.29) is 30.2 Å². The normalized spacial score (nSPS) is 18.9. The van der Waals surface area contributed by atoms with Gasteiger partial charge in [-0.15, -0.1) is 0 Å². The molecule has 0 heterocycles. The Morgan fingerprint density at radius 2 is 1.66 bits per heavy atom. The van der Waals surface area contributed by atoms with Crippen LogP contribution >= 0.6 is 0 Å². The number of carbonyl (C=O) groups excluding carboxylic acids is 3. The van der Waals surface area contributed by atoms with E-state index in [9.17, 15) is 14.4 Å². The Bertz CT molecular complexity index is 655. The first-order valence-electron chi connectivity index (χ1n) is 10.5. The molecule has 7 heteroatoms. The van der Waals surface area contributed by atoms with Crippen molar-refractivity contribution in [2.75, 3.05) is 40.3 Å². The number of nitrogens with zero attached hydrogens (tertiary/aromatic N) is 1. The van der Waals surface area contributed by atoms with Gasteiger partial charge in [0, 0.05) is 24.6 Å². The second-order valence-electron chi connectivity index (χ2n) is 8.02. The molecule has 160 valence electrons. The molecular weight excluding hydrogens is 368 g/mol. The van der Waals surface area contributed by atoms with E-state index < -0.39 is 0 Å². The van der Waals surface area contributed by atoms with E-state index in [2.05, 4.69) is 20.9 Å². The standard InChI is InChI=1S/C22H34N4O3/c1-26(2)14-6-13-23-21(28)19-11-9-17(10-12-19)15-24-20(27)16-25-22(29)18-7-4-3-5-8-18/h3-5,7-8,17,19H,6,9-16H2,1-2H3,(H,23,28)(H,24,27)(H,25,29). The molecule has 1 fully saturated rings. The number of benzene rings is 1. The summed E-state index contributed by atoms with van der Waals surface area (Å²) in [5.41, 5.74) is 0.540. The fourth-order valence-electron chi connectivity index (χ4n) is 3.55. The lowest BCUT2D eigenvalue weighted by atomic mass is 9.81. The Morgan fingerprint density at radius 3 is 2.31 bits per heavy atom. The van der Waals surface area contributed by atoms with Gasteiger partial charge in [0.15, 0.2) is 0 Å². The van der Waals surface area contributed by atoms with Crippen LogP contribution in [0.1, 0.15) is 42.5 Å². The summed E-state index contributed by atoms with van der Waals surface area (Å²) in [5.74, 6) is 0.204. The molecule has 1 aliphatic carbocycles. The van der Waals surface area contributed by atoms with Crippen LogP contribution in [0, 0.1) is 11.8 Å². The van der Waals surface area contributed by atoms with Gasteiger partial charge < -0.3 is 20.9 Å². The number of rotatable bonds is 10. The van der Waals surface area contributed by atoms with Crippen LogP contribution in [-0.4, -0.2) is 62.9 Å². The predicted molar refractivity (Wildman–Crippen MR) is 113 cm³/mol. The second-order valence-corrected chi connectivity index (χ2v) is 8.02. The minimum Gasteiger partial charge on any atom is -0.356 e. The number of amides is 3. The average Bonchev–Trinajstić information content (AvgIpc) is 2.74. The summed E-state index contributed by atoms with van der Waals surface area (Å²) in [6.07, 6.45) is 4.56. The molecule has 0 atom stereocenters. The fourth-order valence-corrected chi connectivity index (χ4v) is 3.55. The number of carbonyl (C=O) groups is 3. The lowest BCUT2D eigenvalue weighted by Crippen LogP contribution is -2.40. The highest BCUT2D eigenvalue weighted by atomic mass is 16.2. The molecule has 0 aliphatic heterocycles. The molecule has 0 aromatic heterocycles. The largest absolute Gasteiger partial charge is 0.356 e. The first-order chi connectivity index (χ1) is 14.0. The molecule has 3 amide bonds. The van der Waals surface area contributed by atoms with Gasteiger partial charge in [-0.1, -0.05) is 18.2 Å². The molecule has 0 unspecified atom stereocenters. The molecule has 1 aromatic carbocycles. The van der Waals surface area contributed by atoms with Gasteiger partial charge in [0.05, 0.1) is 6.54 Å². The zero-order valence-electron chi connectivity index (χ0n) is 17.6. The van der Waals surface area contributed by atoms with Crippen molar-refractivity contribution in [3.63, 3.8) is 0 Å². The Balaban J connectivity index is 1.57. The summed E-state index contributed by atoms with van der Waals surface area (Å²) in [7, 11) is 4.05. The van der Waals surface area contributed by atoms with Gasteiger partial charge in [0.1, 0.15) is 0 Å². The maximum atomic E-state index is 12.2. The topological polar surface area (TPSA) is 90.5 Å². The third-order valence-electron chi connectivity index (χ3n) is 5.33. The summed E-state index contributed by atoms with van der Waals surface area (Å²) in [6, 6.07) is 8.84. The van der Waals surface area contributed by atoms with Gasteiger partial charge in [-0.3, -0.25) is 14.4 Å². The molecule has 1 saturated carbocycles. The van der Waals surface area contributed by atoms with Crippen molar-refractivity contribution < 1.29 is 14.4 Å². The molecule has 0 radical (unpaired) electrons. The van der Waals surface area contributed by atoms with Crippen molar-refractivity contribution >= 4 is 17.7 Å². The first-order valence-corrected chi connectivity index (χ1v) is 10.5. The Kier molecular flexibility index (Phi) is 9.64. The van der Waals surface area contributed by atoms with Crippen molar-refractivity contribution in [2.24, 2.45) is 11.8 Å². The van der Waals surface area contributed by atoms with E-state index in [4.69, 9.17) is 0 Å². The SMILES string of the molecule is CN(C)CCCNC(=O)C1CCC(CNC(=O)CNC(=O)c2ccccc2)CC1. The van der Waals surface area contributed by atoms with Crippen LogP contribution in [0.2, 0.25) is 0 Å². The van der Waals surface area contributed by atoms with Gasteiger partial charge >= 0.3 is 0 Å². The maximum Gasteiger partial charge on any atom is 0.251 e. The molecular formula is C22H34N4O3. The van der Waals surface area contributed by atoms with E-state index in [0.29, 0.717) is 18.0 Å². The molecule has 0 saturated heterocycles. The summed E-state index contributed by atoms with van der Waals surface area (Å²) in [4.78, 5) is 38.3. The summed E-state index contributed by atoms with van der Waals surface area (Å²) in [6.45, 7) is 2.26. The third-order valence-corrected chi connectivity index (χ3v) is 5.33. The quantitative estimate of drug-likeness (QED) is 0.516. The van der Waals surface area contributed by atoms with Gasteiger partial charge in [0.25, 0.3) is 5.91 Å². The van der Waals surface area contributed by atoms with E-state index >= 15 is 0 Å². The second kappa shape index (κ2) is 12.2. The molecule has 7 nitrogen and oxygen atoms in total. The Morgan fingerprint density at radius 1 is 0.966 bits per heavy atom. The summed E-state index contributed by atoms with van der Waals surface area (Å²) < 4.78 is 0. The van der Waals surface area contributed by atoms with E-state index in [0.717, 1.165) is 45.2 Å². The predicted octanol–water partition coefficient (Wildman–Crippen LogP) is 1.41. The Labute approximate surface area is 173 Å². The summed E-state index contributed by atoms with van der Waals surface area (Å²) in [5, 5.41) is 8.57. The number of nitrogens with one attached hydrogen (secondary N) is 3. The van der Waals surface area contributed by atoms with Crippen molar-refractivity contribution in [1.82, 2.24) is 20.9 Å². The van der Waals surface area contributed by atoms with Gasteiger partial charge in [0.2, 0.25) is 11.8 Å². The van der Waals surface area contributed by atoms with Crippen LogP contribution in [0.3, 0.4) is 0 Å². The molecule has 2 rings (SSSR count). The van der Waals surface area contributed by atoms with E-state index in [1.165, 1.54) is 0 Å². The zero-order valence-corrected chi connectivity index (χ0v) is 17.6. The number of hydrogen-bond acceptors (Lipinski definition) is 4. The minimum absolute atomic E-state index is 0.0293. The highest BCUT2D eigenvalue weighted by Gasteiger charge is 2.26. The van der Waals surface area contributed by atoms with Crippen LogP contribution in [0.25, 0.3) is 0 Å². The maximum absolute atomic E-state index is 12.2. The van der Waals surface area contributed by atoms with E-state index in [1.807, 2.05) is 20.2 Å². The lowest BCUT2D eigenvalue weighted by molar-refractivity contribution is -0.126. The van der Waals surface area contributed by atoms with Gasteiger partial charge in [-0.25, -0.2) is 0 Å². The highest BCUT2D eigenvalue weighted by molar-refractivity contribution is 5.96. The van der Waals surface area contributed by atoms with Crippen molar-refractivity contribution in [3.05, 3.63) is 35.9 Å². The average molecular weight is 403 g/mol. The molecule has 1 aliphatic rings. The highest BCUT2D eigenvalue weighted by Crippen LogP contribution is 2.28. The van der Waals surface area contributed by atoms with Gasteiger partial charge in [-0.05, 0) is 70.8 Å². The monoisotopic (exact) mass is 402 g/mol.